The number of nitrogens with zero attached hydrogens (tertiary/aromatic N) is 1. The number of aliphatic hydroxyl groups excluding tert-OH is 1. The van der Waals surface area contributed by atoms with Gasteiger partial charge in [0.25, 0.3) is 0 Å². The molecular weight excluding hydrogens is 277 g/mol. The summed E-state index contributed by atoms with van der Waals surface area (Å²) in [6, 6.07) is 4.98. The zero-order chi connectivity index (χ0) is 15.2. The molecule has 1 heterocycles. The molecule has 6 nitrogen and oxygen atoms in total. The number of hydrogen-bond acceptors (Lipinski definition) is 3. The van der Waals surface area contributed by atoms with Gasteiger partial charge in [-0.2, -0.15) is 0 Å². The van der Waals surface area contributed by atoms with Crippen LogP contribution in [0, 0.1) is 5.82 Å². The Hall–Kier alpha value is -2.15. The van der Waals surface area contributed by atoms with Crippen LogP contribution in [0.1, 0.15) is 12.8 Å². The SMILES string of the molecule is O=C(NC[C@H](O)CN1CCCC1=O)Nc1cccc(F)c1. The van der Waals surface area contributed by atoms with Crippen LogP contribution in [0.5, 0.6) is 0 Å². The van der Waals surface area contributed by atoms with Crippen molar-refractivity contribution in [2.24, 2.45) is 0 Å². The molecule has 0 unspecified atom stereocenters. The van der Waals surface area contributed by atoms with E-state index in [9.17, 15) is 19.1 Å². The Kier molecular flexibility index (Phi) is 5.10. The average molecular weight is 295 g/mol. The average Bonchev–Trinajstić information content (AvgIpc) is 2.82. The number of halogens is 1. The molecule has 7 heteroatoms. The number of hydrogen-bond donors (Lipinski definition) is 3. The molecule has 0 radical (unpaired) electrons. The molecule has 0 bridgehead atoms. The van der Waals surface area contributed by atoms with Crippen molar-refractivity contribution in [1.29, 1.82) is 0 Å². The molecule has 1 aromatic carbocycles. The first kappa shape index (κ1) is 15.2. The second kappa shape index (κ2) is 7.03. The van der Waals surface area contributed by atoms with E-state index in [0.717, 1.165) is 6.42 Å². The standard InChI is InChI=1S/C14H18FN3O3/c15-10-3-1-4-11(7-10)17-14(21)16-8-12(19)9-18-6-2-5-13(18)20/h1,3-4,7,12,19H,2,5-6,8-9H2,(H2,16,17,21)/t12-/m0/s1. The fourth-order valence-electron chi connectivity index (χ4n) is 2.17. The molecule has 0 saturated carbocycles. The minimum atomic E-state index is -0.828. The Labute approximate surface area is 121 Å². The van der Waals surface area contributed by atoms with Crippen molar-refractivity contribution in [2.45, 2.75) is 18.9 Å². The van der Waals surface area contributed by atoms with E-state index in [1.54, 1.807) is 11.0 Å². The summed E-state index contributed by atoms with van der Waals surface area (Å²) >= 11 is 0. The van der Waals surface area contributed by atoms with Crippen LogP contribution in [0.2, 0.25) is 0 Å². The summed E-state index contributed by atoms with van der Waals surface area (Å²) in [5.41, 5.74) is 0.330. The summed E-state index contributed by atoms with van der Waals surface area (Å²) in [5.74, 6) is -0.418. The van der Waals surface area contributed by atoms with Crippen molar-refractivity contribution < 1.29 is 19.1 Å². The summed E-state index contributed by atoms with van der Waals surface area (Å²) in [5, 5.41) is 14.7. The van der Waals surface area contributed by atoms with Gasteiger partial charge in [0.2, 0.25) is 5.91 Å². The number of anilines is 1. The lowest BCUT2D eigenvalue weighted by Gasteiger charge is -2.20. The van der Waals surface area contributed by atoms with E-state index >= 15 is 0 Å². The minimum absolute atomic E-state index is 0.0188. The Balaban J connectivity index is 1.72. The van der Waals surface area contributed by atoms with Gasteiger partial charge in [0.05, 0.1) is 6.10 Å². The van der Waals surface area contributed by atoms with Gasteiger partial charge in [-0.25, -0.2) is 9.18 Å². The third-order valence-electron chi connectivity index (χ3n) is 3.18. The van der Waals surface area contributed by atoms with Crippen LogP contribution in [0.15, 0.2) is 24.3 Å². The van der Waals surface area contributed by atoms with Gasteiger partial charge >= 0.3 is 6.03 Å². The van der Waals surface area contributed by atoms with Crippen molar-refractivity contribution in [3.63, 3.8) is 0 Å². The second-order valence-corrected chi connectivity index (χ2v) is 4.94. The molecular formula is C14H18FN3O3. The summed E-state index contributed by atoms with van der Waals surface area (Å²) in [6.07, 6.45) is 0.490. The van der Waals surface area contributed by atoms with Crippen molar-refractivity contribution >= 4 is 17.6 Å². The van der Waals surface area contributed by atoms with Gasteiger partial charge in [-0.15, -0.1) is 0 Å². The summed E-state index contributed by atoms with van der Waals surface area (Å²) in [4.78, 5) is 24.6. The summed E-state index contributed by atoms with van der Waals surface area (Å²) in [6.45, 7) is 0.870. The number of carbonyl (C=O) groups is 2. The lowest BCUT2D eigenvalue weighted by molar-refractivity contribution is -0.128. The molecule has 1 aliphatic rings. The summed E-state index contributed by atoms with van der Waals surface area (Å²) in [7, 11) is 0. The number of β-amino-alcohol motifs (C(OH)–C–C–N with tert-alkyl or cyclic N) is 1. The molecule has 0 spiro atoms. The molecule has 1 aliphatic heterocycles. The molecule has 1 saturated heterocycles. The van der Waals surface area contributed by atoms with Crippen molar-refractivity contribution in [1.82, 2.24) is 10.2 Å². The number of amides is 3. The van der Waals surface area contributed by atoms with Gasteiger partial charge in [0.1, 0.15) is 5.82 Å². The van der Waals surface area contributed by atoms with E-state index in [0.29, 0.717) is 18.7 Å². The van der Waals surface area contributed by atoms with E-state index < -0.39 is 18.0 Å². The molecule has 114 valence electrons. The maximum Gasteiger partial charge on any atom is 0.319 e. The number of aliphatic hydroxyl groups is 1. The van der Waals surface area contributed by atoms with Crippen molar-refractivity contribution in [3.8, 4) is 0 Å². The van der Waals surface area contributed by atoms with Crippen LogP contribution in [0.25, 0.3) is 0 Å². The zero-order valence-electron chi connectivity index (χ0n) is 11.5. The van der Waals surface area contributed by atoms with Crippen LogP contribution in [-0.2, 0) is 4.79 Å². The number of rotatable bonds is 5. The maximum absolute atomic E-state index is 12.9. The minimum Gasteiger partial charge on any atom is -0.389 e. The van der Waals surface area contributed by atoms with E-state index in [2.05, 4.69) is 10.6 Å². The van der Waals surface area contributed by atoms with E-state index in [1.807, 2.05) is 0 Å². The number of likely N-dealkylation sites (tertiary alicyclic amines) is 1. The number of nitrogens with one attached hydrogen (secondary N) is 2. The Morgan fingerprint density at radius 2 is 2.29 bits per heavy atom. The molecule has 1 aromatic rings. The predicted octanol–water partition coefficient (Wildman–Crippen LogP) is 0.930. The van der Waals surface area contributed by atoms with E-state index in [4.69, 9.17) is 0 Å². The van der Waals surface area contributed by atoms with Gasteiger partial charge < -0.3 is 20.6 Å². The Morgan fingerprint density at radius 1 is 1.48 bits per heavy atom. The van der Waals surface area contributed by atoms with Gasteiger partial charge in [-0.3, -0.25) is 4.79 Å². The molecule has 1 atom stereocenters. The molecule has 2 rings (SSSR count). The van der Waals surface area contributed by atoms with Gasteiger partial charge in [0.15, 0.2) is 0 Å². The fourth-order valence-corrected chi connectivity index (χ4v) is 2.17. The predicted molar refractivity (Wildman–Crippen MR) is 75.2 cm³/mol. The first-order valence-electron chi connectivity index (χ1n) is 6.81. The monoisotopic (exact) mass is 295 g/mol. The van der Waals surface area contributed by atoms with E-state index in [1.165, 1.54) is 18.2 Å². The van der Waals surface area contributed by atoms with Gasteiger partial charge in [-0.05, 0) is 24.6 Å². The maximum atomic E-state index is 12.9. The highest BCUT2D eigenvalue weighted by Crippen LogP contribution is 2.10. The first-order chi connectivity index (χ1) is 10.0. The third kappa shape index (κ3) is 4.71. The molecule has 21 heavy (non-hydrogen) atoms. The highest BCUT2D eigenvalue weighted by atomic mass is 19.1. The summed E-state index contributed by atoms with van der Waals surface area (Å²) < 4.78 is 12.9. The van der Waals surface area contributed by atoms with E-state index in [-0.39, 0.29) is 19.0 Å². The van der Waals surface area contributed by atoms with Gasteiger partial charge in [-0.1, -0.05) is 6.07 Å². The molecule has 1 fully saturated rings. The topological polar surface area (TPSA) is 81.7 Å². The molecule has 0 aliphatic carbocycles. The van der Waals surface area contributed by atoms with Crippen LogP contribution in [-0.4, -0.2) is 47.7 Å². The van der Waals surface area contributed by atoms with Crippen molar-refractivity contribution in [3.05, 3.63) is 30.1 Å². The number of urea groups is 1. The Morgan fingerprint density at radius 3 is 2.95 bits per heavy atom. The lowest BCUT2D eigenvalue weighted by atomic mass is 10.3. The molecule has 3 N–H and O–H groups in total. The molecule has 0 aromatic heterocycles. The zero-order valence-corrected chi connectivity index (χ0v) is 11.5. The smallest absolute Gasteiger partial charge is 0.319 e. The van der Waals surface area contributed by atoms with Crippen LogP contribution in [0.4, 0.5) is 14.9 Å². The molecule has 3 amide bonds. The van der Waals surface area contributed by atoms with Gasteiger partial charge in [0, 0.05) is 31.7 Å². The van der Waals surface area contributed by atoms with Crippen LogP contribution >= 0.6 is 0 Å². The fraction of sp³-hybridized carbons (Fsp3) is 0.429. The highest BCUT2D eigenvalue weighted by molar-refractivity contribution is 5.89. The number of benzene rings is 1. The quantitative estimate of drug-likeness (QED) is 0.756. The van der Waals surface area contributed by atoms with Crippen LogP contribution < -0.4 is 10.6 Å². The normalized spacial score (nSPS) is 15.9. The second-order valence-electron chi connectivity index (χ2n) is 4.94. The van der Waals surface area contributed by atoms with Crippen LogP contribution in [0.3, 0.4) is 0 Å². The largest absolute Gasteiger partial charge is 0.389 e. The lowest BCUT2D eigenvalue weighted by Crippen LogP contribution is -2.41. The number of carbonyl (C=O) groups excluding carboxylic acids is 2. The first-order valence-corrected chi connectivity index (χ1v) is 6.81. The van der Waals surface area contributed by atoms with Crippen molar-refractivity contribution in [2.75, 3.05) is 25.0 Å². The Bertz CT molecular complexity index is 524. The highest BCUT2D eigenvalue weighted by Gasteiger charge is 2.22. The third-order valence-corrected chi connectivity index (χ3v) is 3.18.